The second-order valence-corrected chi connectivity index (χ2v) is 6.63. The molecular formula is C20H27N3O3. The van der Waals surface area contributed by atoms with Crippen molar-refractivity contribution in [3.63, 3.8) is 0 Å². The summed E-state index contributed by atoms with van der Waals surface area (Å²) in [5, 5.41) is 3.36. The van der Waals surface area contributed by atoms with Gasteiger partial charge in [0.2, 0.25) is 0 Å². The standard InChI is InChI=1S/C20H27N3O3/c1-13(20-12-23-9-10-24-20)14(2)25-18-5-3-4-6-19(18)26-15-7-8-16(21)17(22)11-15/h3-8,11,13-14,20,23H,9-10,12,21-22H2,1-2H3. The van der Waals surface area contributed by atoms with E-state index >= 15 is 0 Å². The first kappa shape index (κ1) is 18.4. The fraction of sp³-hybridized carbons (Fsp3) is 0.400. The lowest BCUT2D eigenvalue weighted by Gasteiger charge is -2.32. The third-order valence-electron chi connectivity index (χ3n) is 4.73. The minimum Gasteiger partial charge on any atom is -0.486 e. The van der Waals surface area contributed by atoms with Gasteiger partial charge in [-0.2, -0.15) is 0 Å². The lowest BCUT2D eigenvalue weighted by atomic mass is 9.98. The number of nitrogens with two attached hydrogens (primary N) is 2. The van der Waals surface area contributed by atoms with Crippen molar-refractivity contribution >= 4 is 11.4 Å². The van der Waals surface area contributed by atoms with Gasteiger partial charge < -0.3 is 31.0 Å². The highest BCUT2D eigenvalue weighted by atomic mass is 16.5. The van der Waals surface area contributed by atoms with Crippen molar-refractivity contribution in [3.05, 3.63) is 42.5 Å². The zero-order chi connectivity index (χ0) is 18.5. The molecule has 0 saturated carbocycles. The van der Waals surface area contributed by atoms with Crippen LogP contribution in [-0.4, -0.2) is 31.9 Å². The molecule has 0 radical (unpaired) electrons. The Labute approximate surface area is 154 Å². The number of anilines is 2. The fourth-order valence-corrected chi connectivity index (χ4v) is 2.91. The number of rotatable bonds is 6. The quantitative estimate of drug-likeness (QED) is 0.688. The van der Waals surface area contributed by atoms with Crippen LogP contribution in [0.15, 0.2) is 42.5 Å². The van der Waals surface area contributed by atoms with E-state index in [0.717, 1.165) is 19.7 Å². The van der Waals surface area contributed by atoms with Crippen LogP contribution in [0.2, 0.25) is 0 Å². The van der Waals surface area contributed by atoms with Crippen LogP contribution in [-0.2, 0) is 4.74 Å². The number of nitrogen functional groups attached to an aromatic ring is 2. The van der Waals surface area contributed by atoms with Gasteiger partial charge in [0, 0.05) is 25.1 Å². The molecule has 6 nitrogen and oxygen atoms in total. The van der Waals surface area contributed by atoms with E-state index in [4.69, 9.17) is 25.7 Å². The van der Waals surface area contributed by atoms with Crippen molar-refractivity contribution in [1.82, 2.24) is 5.32 Å². The second-order valence-electron chi connectivity index (χ2n) is 6.63. The molecule has 3 rings (SSSR count). The van der Waals surface area contributed by atoms with E-state index < -0.39 is 0 Å². The molecule has 3 unspecified atom stereocenters. The van der Waals surface area contributed by atoms with Gasteiger partial charge in [0.25, 0.3) is 0 Å². The van der Waals surface area contributed by atoms with Gasteiger partial charge in [-0.15, -0.1) is 0 Å². The molecule has 26 heavy (non-hydrogen) atoms. The van der Waals surface area contributed by atoms with Gasteiger partial charge in [0.1, 0.15) is 11.9 Å². The largest absolute Gasteiger partial charge is 0.486 e. The highest BCUT2D eigenvalue weighted by Gasteiger charge is 2.27. The van der Waals surface area contributed by atoms with Crippen LogP contribution in [0, 0.1) is 5.92 Å². The van der Waals surface area contributed by atoms with E-state index in [0.29, 0.717) is 28.6 Å². The Morgan fingerprint density at radius 1 is 1.08 bits per heavy atom. The van der Waals surface area contributed by atoms with Gasteiger partial charge in [-0.1, -0.05) is 19.1 Å². The molecular weight excluding hydrogens is 330 g/mol. The van der Waals surface area contributed by atoms with Gasteiger partial charge in [0.05, 0.1) is 24.1 Å². The maximum absolute atomic E-state index is 6.20. The predicted octanol–water partition coefficient (Wildman–Crippen LogP) is 3.04. The monoisotopic (exact) mass is 357 g/mol. The smallest absolute Gasteiger partial charge is 0.169 e. The molecule has 0 spiro atoms. The molecule has 2 aromatic carbocycles. The predicted molar refractivity (Wildman–Crippen MR) is 104 cm³/mol. The fourth-order valence-electron chi connectivity index (χ4n) is 2.91. The first-order valence-electron chi connectivity index (χ1n) is 8.95. The van der Waals surface area contributed by atoms with E-state index in [-0.39, 0.29) is 18.1 Å². The average Bonchev–Trinajstić information content (AvgIpc) is 2.66. The van der Waals surface area contributed by atoms with E-state index in [1.165, 1.54) is 0 Å². The zero-order valence-electron chi connectivity index (χ0n) is 15.3. The first-order valence-corrected chi connectivity index (χ1v) is 8.95. The lowest BCUT2D eigenvalue weighted by molar-refractivity contribution is -0.0344. The van der Waals surface area contributed by atoms with Gasteiger partial charge in [0.15, 0.2) is 11.5 Å². The summed E-state index contributed by atoms with van der Waals surface area (Å²) in [6.45, 7) is 6.69. The molecule has 1 aliphatic heterocycles. The van der Waals surface area contributed by atoms with Crippen molar-refractivity contribution in [3.8, 4) is 17.2 Å². The molecule has 1 aliphatic rings. The van der Waals surface area contributed by atoms with Crippen LogP contribution < -0.4 is 26.3 Å². The summed E-state index contributed by atoms with van der Waals surface area (Å²) in [5.41, 5.74) is 12.6. The molecule has 140 valence electrons. The van der Waals surface area contributed by atoms with E-state index in [2.05, 4.69) is 19.2 Å². The molecule has 0 aromatic heterocycles. The Morgan fingerprint density at radius 2 is 1.85 bits per heavy atom. The van der Waals surface area contributed by atoms with E-state index in [1.54, 1.807) is 18.2 Å². The minimum atomic E-state index is -0.0267. The number of hydrogen-bond donors (Lipinski definition) is 3. The topological polar surface area (TPSA) is 91.8 Å². The Balaban J connectivity index is 1.70. The molecule has 0 aliphatic carbocycles. The zero-order valence-corrected chi connectivity index (χ0v) is 15.3. The van der Waals surface area contributed by atoms with E-state index in [1.807, 2.05) is 24.3 Å². The highest BCUT2D eigenvalue weighted by Crippen LogP contribution is 2.34. The Hall–Kier alpha value is -2.44. The number of benzene rings is 2. The lowest BCUT2D eigenvalue weighted by Crippen LogP contribution is -2.45. The molecule has 1 heterocycles. The van der Waals surface area contributed by atoms with Crippen molar-refractivity contribution in [2.75, 3.05) is 31.2 Å². The van der Waals surface area contributed by atoms with Gasteiger partial charge >= 0.3 is 0 Å². The van der Waals surface area contributed by atoms with Gasteiger partial charge in [-0.05, 0) is 31.2 Å². The first-order chi connectivity index (χ1) is 12.5. The minimum absolute atomic E-state index is 0.0267. The van der Waals surface area contributed by atoms with Crippen molar-refractivity contribution in [2.24, 2.45) is 5.92 Å². The second kappa shape index (κ2) is 8.29. The molecule has 1 saturated heterocycles. The molecule has 6 heteroatoms. The van der Waals surface area contributed by atoms with E-state index in [9.17, 15) is 0 Å². The molecule has 2 aromatic rings. The third kappa shape index (κ3) is 4.39. The number of para-hydroxylation sites is 2. The van der Waals surface area contributed by atoms with Crippen LogP contribution >= 0.6 is 0 Å². The number of nitrogens with one attached hydrogen (secondary N) is 1. The van der Waals surface area contributed by atoms with Crippen LogP contribution in [0.4, 0.5) is 11.4 Å². The number of ether oxygens (including phenoxy) is 3. The normalized spacial score (nSPS) is 19.5. The van der Waals surface area contributed by atoms with Crippen molar-refractivity contribution < 1.29 is 14.2 Å². The Kier molecular flexibility index (Phi) is 5.85. The summed E-state index contributed by atoms with van der Waals surface area (Å²) < 4.78 is 18.0. The molecule has 0 bridgehead atoms. The Morgan fingerprint density at radius 3 is 2.54 bits per heavy atom. The van der Waals surface area contributed by atoms with Gasteiger partial charge in [-0.3, -0.25) is 0 Å². The average molecular weight is 357 g/mol. The maximum Gasteiger partial charge on any atom is 0.169 e. The van der Waals surface area contributed by atoms with Gasteiger partial charge in [-0.25, -0.2) is 0 Å². The SMILES string of the molecule is CC(Oc1ccccc1Oc1ccc(N)c(N)c1)C(C)C1CNCCO1. The van der Waals surface area contributed by atoms with Crippen LogP contribution in [0.3, 0.4) is 0 Å². The summed E-state index contributed by atoms with van der Waals surface area (Å²) in [7, 11) is 0. The van der Waals surface area contributed by atoms with Crippen molar-refractivity contribution in [1.29, 1.82) is 0 Å². The maximum atomic E-state index is 6.20. The summed E-state index contributed by atoms with van der Waals surface area (Å²) in [5.74, 6) is 2.18. The van der Waals surface area contributed by atoms with Crippen molar-refractivity contribution in [2.45, 2.75) is 26.1 Å². The summed E-state index contributed by atoms with van der Waals surface area (Å²) >= 11 is 0. The molecule has 1 fully saturated rings. The number of hydrogen-bond acceptors (Lipinski definition) is 6. The highest BCUT2D eigenvalue weighted by molar-refractivity contribution is 5.65. The summed E-state index contributed by atoms with van der Waals surface area (Å²) in [6.07, 6.45) is 0.116. The van der Waals surface area contributed by atoms with Crippen LogP contribution in [0.25, 0.3) is 0 Å². The number of morpholine rings is 1. The summed E-state index contributed by atoms with van der Waals surface area (Å²) in [4.78, 5) is 0. The summed E-state index contributed by atoms with van der Waals surface area (Å²) in [6, 6.07) is 12.8. The van der Waals surface area contributed by atoms with Crippen LogP contribution in [0.1, 0.15) is 13.8 Å². The third-order valence-corrected chi connectivity index (χ3v) is 4.73. The van der Waals surface area contributed by atoms with Crippen LogP contribution in [0.5, 0.6) is 17.2 Å². The molecule has 5 N–H and O–H groups in total. The molecule has 0 amide bonds. The molecule has 3 atom stereocenters. The Bertz CT molecular complexity index is 732.